The van der Waals surface area contributed by atoms with Crippen molar-refractivity contribution < 1.29 is 57.5 Å². The van der Waals surface area contributed by atoms with E-state index in [0.29, 0.717) is 37.7 Å². The molecule has 7 N–H and O–H groups in total. The van der Waals surface area contributed by atoms with Gasteiger partial charge in [-0.15, -0.1) is 0 Å². The monoisotopic (exact) mass is 1010 g/mol. The molecule has 72 heavy (non-hydrogen) atoms. The molecule has 396 valence electrons. The van der Waals surface area contributed by atoms with Crippen LogP contribution in [0.3, 0.4) is 0 Å². The maximum atomic E-state index is 14.5. The number of likely N-dealkylation sites (N-methyl/N-ethyl adjacent to an activating group) is 4. The summed E-state index contributed by atoms with van der Waals surface area (Å²) in [4.78, 5) is 158. The van der Waals surface area contributed by atoms with E-state index in [-0.39, 0.29) is 51.9 Å². The van der Waals surface area contributed by atoms with E-state index in [1.807, 2.05) is 0 Å². The molecule has 11 amide bonds. The SMILES string of the molecule is CC(C)[C@@H]1C(=O)NC[C@@H](N)C(=O)N2CCCC[C@H]2C(=O)NCC(=O)N(C)CC(=O)N(C)C2(CCC2)C(=O)NC[C@@H](NC(=O)OCc2ccccc2)C(=O)N2CCCC[C@H]2C(=O)NCC(=O)N(C)CC(=O)N1C. The molecular formula is C48H72N12O12. The van der Waals surface area contributed by atoms with Crippen LogP contribution in [0, 0.1) is 5.92 Å². The average Bonchev–Trinajstić information content (AvgIpc) is 3.35. The number of nitrogens with zero attached hydrogens (tertiary/aromatic N) is 6. The molecule has 1 aliphatic carbocycles. The van der Waals surface area contributed by atoms with Crippen LogP contribution in [0.25, 0.3) is 0 Å². The third kappa shape index (κ3) is 14.0. The fraction of sp³-hybridized carbons (Fsp3) is 0.646. The standard InChI is InChI=1S/C48H72N12O12/c1-30(2)40-43(67)50-23-32(49)44(68)59-21-12-10-17-34(59)41(65)51-26-37(62)56(4)28-39(64)58(6)48(19-14-20-48)46(70)53-24-33(54-47(71)72-29-31-15-8-7-9-16-31)45(69)60-22-13-11-18-35(60)42(66)52-25-36(61)55(3)27-38(63)57(40)5/h7-9,15-16,30,32-35,40H,10-14,17-29,49H2,1-6H3,(H,50,67)(H,51,65)(H,52,66)(H,53,70)(H,54,71)/t32-,33-,34+,35+,40-/m1/s1. The van der Waals surface area contributed by atoms with Crippen LogP contribution in [0.4, 0.5) is 4.79 Å². The first-order chi connectivity index (χ1) is 34.2. The molecule has 0 bridgehead atoms. The Morgan fingerprint density at radius 3 is 1.75 bits per heavy atom. The number of nitrogens with two attached hydrogens (primary N) is 1. The number of hydrogen-bond donors (Lipinski definition) is 6. The Morgan fingerprint density at radius 2 is 1.22 bits per heavy atom. The zero-order chi connectivity index (χ0) is 52.9. The molecule has 5 atom stereocenters. The molecule has 4 fully saturated rings. The number of rotatable bonds is 4. The highest BCUT2D eigenvalue weighted by Crippen LogP contribution is 2.37. The van der Waals surface area contributed by atoms with Crippen LogP contribution in [-0.2, 0) is 59.3 Å². The summed E-state index contributed by atoms with van der Waals surface area (Å²) in [6.45, 7) is 0.778. The number of carbonyl (C=O) groups is 11. The zero-order valence-corrected chi connectivity index (χ0v) is 42.2. The van der Waals surface area contributed by atoms with E-state index in [0.717, 1.165) is 9.80 Å². The number of alkyl carbamates (subject to hydrolysis) is 1. The van der Waals surface area contributed by atoms with E-state index in [9.17, 15) is 52.7 Å². The molecule has 24 nitrogen and oxygen atoms in total. The number of fused-ring (bicyclic) bond motifs is 2. The third-order valence-electron chi connectivity index (χ3n) is 14.0. The molecular weight excluding hydrogens is 937 g/mol. The van der Waals surface area contributed by atoms with Crippen molar-refractivity contribution in [2.24, 2.45) is 11.7 Å². The first-order valence-corrected chi connectivity index (χ1v) is 24.6. The quantitative estimate of drug-likeness (QED) is 0.184. The Hall–Kier alpha value is -6.85. The Balaban J connectivity index is 1.39. The van der Waals surface area contributed by atoms with Crippen molar-refractivity contribution in [3.8, 4) is 0 Å². The molecule has 24 heteroatoms. The molecule has 1 aromatic carbocycles. The summed E-state index contributed by atoms with van der Waals surface area (Å²) >= 11 is 0. The lowest BCUT2D eigenvalue weighted by Gasteiger charge is -2.47. The summed E-state index contributed by atoms with van der Waals surface area (Å²) in [5, 5.41) is 13.1. The average molecular weight is 1010 g/mol. The lowest BCUT2D eigenvalue weighted by molar-refractivity contribution is -0.154. The second kappa shape index (κ2) is 25.5. The van der Waals surface area contributed by atoms with Crippen molar-refractivity contribution in [2.75, 3.05) is 80.5 Å². The fourth-order valence-electron chi connectivity index (χ4n) is 9.39. The van der Waals surface area contributed by atoms with E-state index in [1.165, 1.54) is 47.8 Å². The summed E-state index contributed by atoms with van der Waals surface area (Å²) in [6, 6.07) is 2.95. The highest BCUT2D eigenvalue weighted by Gasteiger charge is 2.50. The van der Waals surface area contributed by atoms with Gasteiger partial charge in [-0.3, -0.25) is 47.9 Å². The summed E-state index contributed by atoms with van der Waals surface area (Å²) in [7, 11) is 5.55. The molecule has 5 rings (SSSR count). The van der Waals surface area contributed by atoms with Gasteiger partial charge in [0.15, 0.2) is 0 Å². The third-order valence-corrected chi connectivity index (χ3v) is 14.0. The van der Waals surface area contributed by atoms with Crippen LogP contribution in [0.15, 0.2) is 30.3 Å². The van der Waals surface area contributed by atoms with Crippen LogP contribution < -0.4 is 32.3 Å². The first-order valence-electron chi connectivity index (χ1n) is 24.6. The number of ether oxygens (including phenoxy) is 1. The number of amides is 11. The topological polar surface area (TPSA) is 303 Å². The maximum Gasteiger partial charge on any atom is 0.408 e. The van der Waals surface area contributed by atoms with Crippen LogP contribution in [0.1, 0.15) is 77.2 Å². The van der Waals surface area contributed by atoms with Gasteiger partial charge in [0.25, 0.3) is 0 Å². The van der Waals surface area contributed by atoms with Crippen LogP contribution in [-0.4, -0.2) is 211 Å². The van der Waals surface area contributed by atoms with Gasteiger partial charge in [0, 0.05) is 54.4 Å². The number of benzene rings is 1. The lowest BCUT2D eigenvalue weighted by atomic mass is 9.74. The molecule has 0 aromatic heterocycles. The van der Waals surface area contributed by atoms with Gasteiger partial charge >= 0.3 is 6.09 Å². The minimum atomic E-state index is -1.46. The van der Waals surface area contributed by atoms with Crippen LogP contribution >= 0.6 is 0 Å². The summed E-state index contributed by atoms with van der Waals surface area (Å²) in [5.41, 5.74) is 5.59. The van der Waals surface area contributed by atoms with Gasteiger partial charge in [0.05, 0.1) is 26.2 Å². The van der Waals surface area contributed by atoms with Crippen molar-refractivity contribution in [3.05, 3.63) is 35.9 Å². The minimum absolute atomic E-state index is 0.0970. The van der Waals surface area contributed by atoms with Gasteiger partial charge < -0.3 is 66.5 Å². The number of nitrogens with one attached hydrogen (secondary N) is 5. The van der Waals surface area contributed by atoms with Gasteiger partial charge in [-0.05, 0) is 69.3 Å². The fourth-order valence-corrected chi connectivity index (χ4v) is 9.39. The Kier molecular flexibility index (Phi) is 19.9. The smallest absolute Gasteiger partial charge is 0.408 e. The highest BCUT2D eigenvalue weighted by molar-refractivity contribution is 5.97. The van der Waals surface area contributed by atoms with Crippen LogP contribution in [0.5, 0.6) is 0 Å². The van der Waals surface area contributed by atoms with Gasteiger partial charge in [-0.25, -0.2) is 4.79 Å². The summed E-state index contributed by atoms with van der Waals surface area (Å²) < 4.78 is 5.43. The van der Waals surface area contributed by atoms with Crippen molar-refractivity contribution in [2.45, 2.75) is 114 Å². The van der Waals surface area contributed by atoms with Gasteiger partial charge in [-0.2, -0.15) is 0 Å². The molecule has 3 heterocycles. The maximum absolute atomic E-state index is 14.5. The second-order valence-corrected chi connectivity index (χ2v) is 19.4. The Labute approximate surface area is 419 Å². The van der Waals surface area contributed by atoms with E-state index in [4.69, 9.17) is 10.5 Å². The minimum Gasteiger partial charge on any atom is -0.445 e. The first kappa shape index (κ1) is 56.1. The van der Waals surface area contributed by atoms with Gasteiger partial charge in [-0.1, -0.05) is 44.2 Å². The summed E-state index contributed by atoms with van der Waals surface area (Å²) in [5.74, 6) is -6.77. The van der Waals surface area contributed by atoms with E-state index in [2.05, 4.69) is 26.6 Å². The van der Waals surface area contributed by atoms with Crippen molar-refractivity contribution >= 4 is 65.2 Å². The lowest BCUT2D eigenvalue weighted by Crippen LogP contribution is -2.66. The van der Waals surface area contributed by atoms with E-state index < -0.39 is 140 Å². The number of piperidine rings is 2. The molecule has 0 unspecified atom stereocenters. The molecule has 0 radical (unpaired) electrons. The van der Waals surface area contributed by atoms with Crippen molar-refractivity contribution in [1.82, 2.24) is 56.0 Å². The van der Waals surface area contributed by atoms with Crippen molar-refractivity contribution in [1.29, 1.82) is 0 Å². The predicted molar refractivity (Wildman–Crippen MR) is 258 cm³/mol. The van der Waals surface area contributed by atoms with E-state index in [1.54, 1.807) is 44.2 Å². The van der Waals surface area contributed by atoms with Gasteiger partial charge in [0.1, 0.15) is 42.4 Å². The molecule has 1 saturated carbocycles. The molecule has 4 aliphatic rings. The molecule has 1 spiro atoms. The van der Waals surface area contributed by atoms with Crippen LogP contribution in [0.2, 0.25) is 0 Å². The van der Waals surface area contributed by atoms with E-state index >= 15 is 0 Å². The molecule has 1 aromatic rings. The molecule has 3 aliphatic heterocycles. The van der Waals surface area contributed by atoms with Gasteiger partial charge in [0.2, 0.25) is 59.1 Å². The number of hydrogen-bond acceptors (Lipinski definition) is 13. The largest absolute Gasteiger partial charge is 0.445 e. The Bertz CT molecular complexity index is 2190. The molecule has 3 saturated heterocycles. The zero-order valence-electron chi connectivity index (χ0n) is 42.2. The van der Waals surface area contributed by atoms with Crippen molar-refractivity contribution in [3.63, 3.8) is 0 Å². The Morgan fingerprint density at radius 1 is 0.681 bits per heavy atom. The highest BCUT2D eigenvalue weighted by atomic mass is 16.5. The number of carbonyl (C=O) groups excluding carboxylic acids is 11. The normalized spacial score (nSPS) is 25.8. The summed E-state index contributed by atoms with van der Waals surface area (Å²) in [6.07, 6.45) is 2.82. The predicted octanol–water partition coefficient (Wildman–Crippen LogP) is -2.37. The second-order valence-electron chi connectivity index (χ2n) is 19.4.